The summed E-state index contributed by atoms with van der Waals surface area (Å²) in [5.74, 6) is -0.662. The number of aromatic nitrogens is 2. The van der Waals surface area contributed by atoms with Crippen molar-refractivity contribution in [1.82, 2.24) is 15.4 Å². The summed E-state index contributed by atoms with van der Waals surface area (Å²) in [4.78, 5) is 32.2. The van der Waals surface area contributed by atoms with Crippen molar-refractivity contribution in [2.45, 2.75) is 6.92 Å². The highest BCUT2D eigenvalue weighted by atomic mass is 79.9. The van der Waals surface area contributed by atoms with E-state index < -0.39 is 11.9 Å². The average Bonchev–Trinajstić information content (AvgIpc) is 2.70. The van der Waals surface area contributed by atoms with E-state index in [9.17, 15) is 9.59 Å². The van der Waals surface area contributed by atoms with Gasteiger partial charge < -0.3 is 4.74 Å². The molecule has 1 aromatic heterocycles. The highest BCUT2D eigenvalue weighted by Crippen LogP contribution is 2.23. The van der Waals surface area contributed by atoms with E-state index in [1.807, 2.05) is 19.1 Å². The number of amides is 1. The average molecular weight is 439 g/mol. The molecule has 7 nitrogen and oxygen atoms in total. The number of aryl methyl sites for hydroxylation is 1. The highest BCUT2D eigenvalue weighted by Gasteiger charge is 2.13. The molecule has 140 valence electrons. The zero-order valence-corrected chi connectivity index (χ0v) is 16.4. The van der Waals surface area contributed by atoms with Crippen LogP contribution < -0.4 is 10.2 Å². The predicted molar refractivity (Wildman–Crippen MR) is 107 cm³/mol. The number of carbonyl (C=O) groups excluding carboxylic acids is 2. The van der Waals surface area contributed by atoms with Crippen molar-refractivity contribution >= 4 is 34.0 Å². The largest absolute Gasteiger partial charge is 0.422 e. The van der Waals surface area contributed by atoms with Crippen LogP contribution >= 0.6 is 15.9 Å². The van der Waals surface area contributed by atoms with Crippen LogP contribution in [0.3, 0.4) is 0 Å². The maximum atomic E-state index is 12.5. The highest BCUT2D eigenvalue weighted by molar-refractivity contribution is 9.10. The minimum atomic E-state index is -0.502. The molecule has 3 rings (SSSR count). The molecule has 0 aliphatic carbocycles. The summed E-state index contributed by atoms with van der Waals surface area (Å²) >= 11 is 3.37. The topological polar surface area (TPSA) is 93.5 Å². The second-order valence-corrected chi connectivity index (χ2v) is 6.59. The van der Waals surface area contributed by atoms with E-state index in [0.29, 0.717) is 16.9 Å². The van der Waals surface area contributed by atoms with Gasteiger partial charge in [0.2, 0.25) is 0 Å². The molecule has 0 bridgehead atoms. The Labute approximate surface area is 169 Å². The smallest absolute Gasteiger partial charge is 0.343 e. The molecule has 0 saturated heterocycles. The summed E-state index contributed by atoms with van der Waals surface area (Å²) in [5, 5.41) is 3.91. The molecule has 0 fully saturated rings. The molecule has 1 amide bonds. The van der Waals surface area contributed by atoms with Crippen LogP contribution in [0.5, 0.6) is 5.75 Å². The predicted octanol–water partition coefficient (Wildman–Crippen LogP) is 3.53. The van der Waals surface area contributed by atoms with Gasteiger partial charge in [0.25, 0.3) is 5.91 Å². The number of hydrazone groups is 1. The summed E-state index contributed by atoms with van der Waals surface area (Å²) in [5.41, 5.74) is 4.30. The lowest BCUT2D eigenvalue weighted by molar-refractivity contribution is 0.0733. The third-order valence-electron chi connectivity index (χ3n) is 3.71. The van der Waals surface area contributed by atoms with Crippen molar-refractivity contribution in [2.24, 2.45) is 5.10 Å². The first-order valence-corrected chi connectivity index (χ1v) is 9.00. The Morgan fingerprint density at radius 3 is 2.75 bits per heavy atom. The fourth-order valence-corrected chi connectivity index (χ4v) is 2.68. The third-order valence-corrected chi connectivity index (χ3v) is 4.20. The Hall–Kier alpha value is -3.39. The van der Waals surface area contributed by atoms with Crippen LogP contribution in [-0.2, 0) is 0 Å². The molecule has 0 spiro atoms. The van der Waals surface area contributed by atoms with Gasteiger partial charge in [0.15, 0.2) is 0 Å². The lowest BCUT2D eigenvalue weighted by Gasteiger charge is -2.09. The van der Waals surface area contributed by atoms with Gasteiger partial charge in [-0.2, -0.15) is 5.10 Å². The van der Waals surface area contributed by atoms with Crippen LogP contribution in [-0.4, -0.2) is 28.1 Å². The van der Waals surface area contributed by atoms with E-state index in [-0.39, 0.29) is 5.69 Å². The zero-order valence-electron chi connectivity index (χ0n) is 14.8. The Morgan fingerprint density at radius 2 is 2.00 bits per heavy atom. The fraction of sp³-hybridized carbons (Fsp3) is 0.0500. The van der Waals surface area contributed by atoms with Crippen molar-refractivity contribution in [3.63, 3.8) is 0 Å². The van der Waals surface area contributed by atoms with Gasteiger partial charge in [-0.15, -0.1) is 0 Å². The number of hydrogen-bond acceptors (Lipinski definition) is 6. The standard InChI is InChI=1S/C20H15BrN4O3/c1-13-4-2-3-5-16(13)20(27)28-18-7-6-15(21)10-14(18)11-24-25-19(26)17-12-22-8-9-23-17/h2-12H,1H3,(H,25,26)/b24-11-. The normalized spacial score (nSPS) is 10.6. The number of rotatable bonds is 5. The Kier molecular flexibility index (Phi) is 6.23. The molecule has 2 aromatic carbocycles. The molecule has 8 heteroatoms. The zero-order chi connectivity index (χ0) is 19.9. The number of esters is 1. The van der Waals surface area contributed by atoms with E-state index in [0.717, 1.165) is 10.0 Å². The lowest BCUT2D eigenvalue weighted by atomic mass is 10.1. The summed E-state index contributed by atoms with van der Waals surface area (Å²) in [6.07, 6.45) is 5.60. The molecule has 1 heterocycles. The SMILES string of the molecule is Cc1ccccc1C(=O)Oc1ccc(Br)cc1/C=N\NC(=O)c1cnccn1. The van der Waals surface area contributed by atoms with Crippen molar-refractivity contribution in [1.29, 1.82) is 0 Å². The van der Waals surface area contributed by atoms with E-state index in [4.69, 9.17) is 4.74 Å². The Morgan fingerprint density at radius 1 is 1.18 bits per heavy atom. The minimum absolute atomic E-state index is 0.139. The van der Waals surface area contributed by atoms with Gasteiger partial charge in [-0.25, -0.2) is 15.2 Å². The quantitative estimate of drug-likeness (QED) is 0.284. The molecule has 3 aromatic rings. The van der Waals surface area contributed by atoms with Gasteiger partial charge in [-0.3, -0.25) is 9.78 Å². The monoisotopic (exact) mass is 438 g/mol. The maximum absolute atomic E-state index is 12.5. The summed E-state index contributed by atoms with van der Waals surface area (Å²) in [6, 6.07) is 12.3. The number of benzene rings is 2. The molecule has 0 aliphatic rings. The van der Waals surface area contributed by atoms with Gasteiger partial charge >= 0.3 is 5.97 Å². The van der Waals surface area contributed by atoms with E-state index in [1.165, 1.54) is 24.8 Å². The second kappa shape index (κ2) is 9.01. The molecular formula is C20H15BrN4O3. The van der Waals surface area contributed by atoms with Crippen molar-refractivity contribution in [2.75, 3.05) is 0 Å². The second-order valence-electron chi connectivity index (χ2n) is 5.68. The molecule has 0 aliphatic heterocycles. The first kappa shape index (κ1) is 19.4. The number of carbonyl (C=O) groups is 2. The molecule has 0 atom stereocenters. The molecule has 0 unspecified atom stereocenters. The van der Waals surface area contributed by atoms with Crippen LogP contribution in [0.4, 0.5) is 0 Å². The fourth-order valence-electron chi connectivity index (χ4n) is 2.30. The van der Waals surface area contributed by atoms with Gasteiger partial charge in [0.1, 0.15) is 11.4 Å². The summed E-state index contributed by atoms with van der Waals surface area (Å²) in [7, 11) is 0. The first-order valence-electron chi connectivity index (χ1n) is 8.21. The molecule has 0 radical (unpaired) electrons. The van der Waals surface area contributed by atoms with Gasteiger partial charge in [-0.05, 0) is 36.8 Å². The van der Waals surface area contributed by atoms with Crippen molar-refractivity contribution in [3.05, 3.63) is 87.9 Å². The van der Waals surface area contributed by atoms with Gasteiger partial charge in [0, 0.05) is 22.4 Å². The number of nitrogens with zero attached hydrogens (tertiary/aromatic N) is 3. The number of nitrogens with one attached hydrogen (secondary N) is 1. The Balaban J connectivity index is 1.76. The van der Waals surface area contributed by atoms with Gasteiger partial charge in [0.05, 0.1) is 18.0 Å². The van der Waals surface area contributed by atoms with Crippen LogP contribution in [0.25, 0.3) is 0 Å². The molecular weight excluding hydrogens is 424 g/mol. The number of ether oxygens (including phenoxy) is 1. The lowest BCUT2D eigenvalue weighted by Crippen LogP contribution is -2.19. The minimum Gasteiger partial charge on any atom is -0.422 e. The Bertz CT molecular complexity index is 1040. The number of halogens is 1. The van der Waals surface area contributed by atoms with E-state index in [1.54, 1.807) is 30.3 Å². The summed E-state index contributed by atoms with van der Waals surface area (Å²) < 4.78 is 6.29. The van der Waals surface area contributed by atoms with E-state index in [2.05, 4.69) is 36.4 Å². The van der Waals surface area contributed by atoms with Gasteiger partial charge in [-0.1, -0.05) is 34.1 Å². The molecule has 1 N–H and O–H groups in total. The third kappa shape index (κ3) is 4.86. The van der Waals surface area contributed by atoms with Crippen LogP contribution in [0.15, 0.2) is 70.6 Å². The maximum Gasteiger partial charge on any atom is 0.343 e. The number of hydrogen-bond donors (Lipinski definition) is 1. The van der Waals surface area contributed by atoms with Crippen LogP contribution in [0, 0.1) is 6.92 Å². The van der Waals surface area contributed by atoms with Crippen LogP contribution in [0.2, 0.25) is 0 Å². The van der Waals surface area contributed by atoms with Crippen LogP contribution in [0.1, 0.15) is 32.0 Å². The van der Waals surface area contributed by atoms with Crippen molar-refractivity contribution < 1.29 is 14.3 Å². The molecule has 0 saturated carbocycles. The molecule has 28 heavy (non-hydrogen) atoms. The van der Waals surface area contributed by atoms with E-state index >= 15 is 0 Å². The summed E-state index contributed by atoms with van der Waals surface area (Å²) in [6.45, 7) is 1.84. The first-order chi connectivity index (χ1) is 13.5. The van der Waals surface area contributed by atoms with Crippen molar-refractivity contribution in [3.8, 4) is 5.75 Å².